The highest BCUT2D eigenvalue weighted by molar-refractivity contribution is 5.76. The molecule has 3 aliphatic heterocycles. The van der Waals surface area contributed by atoms with E-state index in [1.54, 1.807) is 0 Å². The van der Waals surface area contributed by atoms with Crippen molar-refractivity contribution in [3.63, 3.8) is 0 Å². The molecule has 0 unspecified atom stereocenters. The number of rotatable bonds is 10. The predicted octanol–water partition coefficient (Wildman–Crippen LogP) is 6.25. The maximum absolute atomic E-state index is 13.6. The fourth-order valence-electron chi connectivity index (χ4n) is 7.44. The number of anilines is 1. The largest absolute Gasteiger partial charge is 0.480 e. The molecule has 0 amide bonds. The highest BCUT2D eigenvalue weighted by atomic mass is 19.3. The summed E-state index contributed by atoms with van der Waals surface area (Å²) in [6.07, 6.45) is 6.68. The highest BCUT2D eigenvalue weighted by Gasteiger charge is 2.57. The van der Waals surface area contributed by atoms with Crippen LogP contribution in [0, 0.1) is 12.3 Å². The molecule has 3 fully saturated rings. The number of carboxylic acids is 1. The van der Waals surface area contributed by atoms with Gasteiger partial charge in [-0.3, -0.25) is 9.69 Å². The molecule has 0 bridgehead atoms. The van der Waals surface area contributed by atoms with Crippen LogP contribution in [0.2, 0.25) is 0 Å². The van der Waals surface area contributed by atoms with E-state index in [9.17, 15) is 18.7 Å². The van der Waals surface area contributed by atoms with Gasteiger partial charge in [0.15, 0.2) is 0 Å². The van der Waals surface area contributed by atoms with Gasteiger partial charge in [0.1, 0.15) is 11.9 Å². The van der Waals surface area contributed by atoms with Gasteiger partial charge in [0.05, 0.1) is 18.8 Å². The van der Waals surface area contributed by atoms with Gasteiger partial charge in [-0.15, -0.1) is 0 Å². The summed E-state index contributed by atoms with van der Waals surface area (Å²) in [6, 6.07) is 9.43. The van der Waals surface area contributed by atoms with Crippen LogP contribution in [-0.4, -0.2) is 65.8 Å². The molecule has 6 rings (SSSR count). The van der Waals surface area contributed by atoms with Gasteiger partial charge in [-0.1, -0.05) is 29.8 Å². The second-order valence-corrected chi connectivity index (χ2v) is 13.0. The summed E-state index contributed by atoms with van der Waals surface area (Å²) in [5.74, 6) is -2.43. The molecule has 2 aromatic rings. The summed E-state index contributed by atoms with van der Waals surface area (Å²) in [7, 11) is 0. The molecule has 4 heterocycles. The number of likely N-dealkylation sites (tertiary alicyclic amines) is 1. The number of benzene rings is 1. The third-order valence-corrected chi connectivity index (χ3v) is 9.59. The summed E-state index contributed by atoms with van der Waals surface area (Å²) in [4.78, 5) is 19.5. The van der Waals surface area contributed by atoms with E-state index < -0.39 is 23.3 Å². The number of halogens is 2. The molecule has 1 saturated carbocycles. The quantitative estimate of drug-likeness (QED) is 0.320. The number of unbranched alkanes of at least 4 members (excludes halogenated alkanes) is 1. The first-order valence-corrected chi connectivity index (χ1v) is 15.6. The van der Waals surface area contributed by atoms with Crippen molar-refractivity contribution in [3.8, 4) is 0 Å². The van der Waals surface area contributed by atoms with Crippen molar-refractivity contribution >= 4 is 11.8 Å². The van der Waals surface area contributed by atoms with E-state index in [0.717, 1.165) is 73.3 Å². The number of fused-ring (bicyclic) bond motifs is 1. The molecular weight excluding hydrogens is 540 g/mol. The standard InChI is InChI=1S/C33H43F2N3O4/c1-22-7-10-26(28-11-13-32(21-42-28)19-33(34,35)20-32)27(17-22)29(31(39)40)38-15-12-25(18-38)41-16-3-2-6-24-9-8-23-5-4-14-36-30(23)37-24/h7-10,17,25,28-29H,2-6,11-16,18-21H2,1H3,(H,36,37)(H,39,40)/t25-,28-,29+/m1/s1. The van der Waals surface area contributed by atoms with E-state index in [1.807, 2.05) is 30.0 Å². The fraction of sp³-hybridized carbons (Fsp3) is 0.636. The Morgan fingerprint density at radius 3 is 2.86 bits per heavy atom. The van der Waals surface area contributed by atoms with Gasteiger partial charge in [0.25, 0.3) is 0 Å². The van der Waals surface area contributed by atoms with Crippen molar-refractivity contribution in [2.24, 2.45) is 5.41 Å². The number of ether oxygens (including phenoxy) is 2. The first-order chi connectivity index (χ1) is 20.2. The second-order valence-electron chi connectivity index (χ2n) is 13.0. The number of carboxylic acid groups (broad SMARTS) is 1. The van der Waals surface area contributed by atoms with Crippen molar-refractivity contribution in [1.82, 2.24) is 9.88 Å². The third-order valence-electron chi connectivity index (χ3n) is 9.59. The van der Waals surface area contributed by atoms with Gasteiger partial charge in [-0.2, -0.15) is 0 Å². The van der Waals surface area contributed by atoms with Crippen molar-refractivity contribution in [2.75, 3.05) is 38.2 Å². The van der Waals surface area contributed by atoms with Crippen LogP contribution in [0.25, 0.3) is 0 Å². The number of hydrogen-bond acceptors (Lipinski definition) is 6. The first kappa shape index (κ1) is 29.5. The Hall–Kier alpha value is -2.62. The Balaban J connectivity index is 1.02. The molecule has 1 spiro atoms. The van der Waals surface area contributed by atoms with Gasteiger partial charge in [-0.05, 0) is 81.0 Å². The monoisotopic (exact) mass is 583 g/mol. The molecule has 4 aliphatic rings. The van der Waals surface area contributed by atoms with Crippen LogP contribution in [0.4, 0.5) is 14.6 Å². The Morgan fingerprint density at radius 2 is 2.10 bits per heavy atom. The predicted molar refractivity (Wildman–Crippen MR) is 156 cm³/mol. The third kappa shape index (κ3) is 6.48. The molecule has 1 aliphatic carbocycles. The zero-order valence-electron chi connectivity index (χ0n) is 24.5. The minimum atomic E-state index is -2.58. The number of pyridine rings is 1. The van der Waals surface area contributed by atoms with Crippen molar-refractivity contribution in [1.29, 1.82) is 0 Å². The summed E-state index contributed by atoms with van der Waals surface area (Å²) in [5, 5.41) is 13.8. The van der Waals surface area contributed by atoms with Gasteiger partial charge in [0.2, 0.25) is 5.92 Å². The van der Waals surface area contributed by atoms with Crippen molar-refractivity contribution < 1.29 is 28.2 Å². The van der Waals surface area contributed by atoms with Gasteiger partial charge >= 0.3 is 5.97 Å². The number of alkyl halides is 2. The molecule has 9 heteroatoms. The summed E-state index contributed by atoms with van der Waals surface area (Å²) in [6.45, 7) is 5.11. The van der Waals surface area contributed by atoms with Crippen LogP contribution in [0.15, 0.2) is 30.3 Å². The topological polar surface area (TPSA) is 83.9 Å². The number of aryl methyl sites for hydroxylation is 3. The molecule has 1 aromatic carbocycles. The number of carbonyl (C=O) groups is 1. The lowest BCUT2D eigenvalue weighted by Gasteiger charge is -2.51. The second kappa shape index (κ2) is 12.2. The zero-order chi connectivity index (χ0) is 29.3. The number of nitrogens with zero attached hydrogens (tertiary/aromatic N) is 2. The van der Waals surface area contributed by atoms with E-state index in [2.05, 4.69) is 17.4 Å². The molecule has 2 saturated heterocycles. The number of aliphatic carboxylic acids is 1. The molecule has 7 nitrogen and oxygen atoms in total. The first-order valence-electron chi connectivity index (χ1n) is 15.6. The van der Waals surface area contributed by atoms with Crippen LogP contribution in [0.1, 0.15) is 91.5 Å². The average Bonchev–Trinajstić information content (AvgIpc) is 3.40. The van der Waals surface area contributed by atoms with Gasteiger partial charge < -0.3 is 19.9 Å². The van der Waals surface area contributed by atoms with Gasteiger partial charge in [0, 0.05) is 50.2 Å². The van der Waals surface area contributed by atoms with E-state index in [4.69, 9.17) is 14.5 Å². The SMILES string of the molecule is Cc1ccc([C@H]2CCC3(CO2)CC(F)(F)C3)c([C@@H](C(=O)O)N2CC[C@@H](OCCCCc3ccc4c(n3)NCCC4)C2)c1. The lowest BCUT2D eigenvalue weighted by molar-refractivity contribution is -0.212. The van der Waals surface area contributed by atoms with E-state index >= 15 is 0 Å². The fourth-order valence-corrected chi connectivity index (χ4v) is 7.44. The Labute approximate surface area is 247 Å². The normalized spacial score (nSPS) is 25.4. The highest BCUT2D eigenvalue weighted by Crippen LogP contribution is 2.58. The Kier molecular flexibility index (Phi) is 8.53. The summed E-state index contributed by atoms with van der Waals surface area (Å²) < 4.78 is 39.6. The van der Waals surface area contributed by atoms with Crippen molar-refractivity contribution in [2.45, 2.75) is 95.3 Å². The van der Waals surface area contributed by atoms with E-state index in [0.29, 0.717) is 39.1 Å². The number of aromatic nitrogens is 1. The smallest absolute Gasteiger partial charge is 0.325 e. The maximum atomic E-state index is 13.6. The number of nitrogens with one attached hydrogen (secondary N) is 1. The summed E-state index contributed by atoms with van der Waals surface area (Å²) >= 11 is 0. The molecule has 42 heavy (non-hydrogen) atoms. The van der Waals surface area contributed by atoms with Gasteiger partial charge in [-0.25, -0.2) is 13.8 Å². The maximum Gasteiger partial charge on any atom is 0.325 e. The zero-order valence-corrected chi connectivity index (χ0v) is 24.5. The van der Waals surface area contributed by atoms with Crippen molar-refractivity contribution in [3.05, 3.63) is 58.3 Å². The minimum Gasteiger partial charge on any atom is -0.480 e. The van der Waals surface area contributed by atoms with E-state index in [1.165, 1.54) is 5.56 Å². The Bertz CT molecular complexity index is 1270. The minimum absolute atomic E-state index is 0.00254. The molecule has 228 valence electrons. The van der Waals surface area contributed by atoms with E-state index in [-0.39, 0.29) is 25.0 Å². The molecular formula is C33H43F2N3O4. The summed E-state index contributed by atoms with van der Waals surface area (Å²) in [5.41, 5.74) is 4.58. The van der Waals surface area contributed by atoms with Crippen LogP contribution >= 0.6 is 0 Å². The molecule has 3 atom stereocenters. The Morgan fingerprint density at radius 1 is 1.24 bits per heavy atom. The lowest BCUT2D eigenvalue weighted by Crippen LogP contribution is -2.51. The molecule has 1 aromatic heterocycles. The molecule has 2 N–H and O–H groups in total. The molecule has 0 radical (unpaired) electrons. The van der Waals surface area contributed by atoms with Crippen LogP contribution in [0.5, 0.6) is 0 Å². The van der Waals surface area contributed by atoms with Crippen LogP contribution in [0.3, 0.4) is 0 Å². The lowest BCUT2D eigenvalue weighted by atomic mass is 9.62. The van der Waals surface area contributed by atoms with Crippen LogP contribution in [-0.2, 0) is 27.1 Å². The average molecular weight is 584 g/mol. The number of hydrogen-bond donors (Lipinski definition) is 2. The van der Waals surface area contributed by atoms with Crippen LogP contribution < -0.4 is 5.32 Å².